The number of hydrogen-bond donors (Lipinski definition) is 3. The highest BCUT2D eigenvalue weighted by Crippen LogP contribution is 2.26. The van der Waals surface area contributed by atoms with Gasteiger partial charge in [0.15, 0.2) is 5.65 Å². The Labute approximate surface area is 102 Å². The fourth-order valence-corrected chi connectivity index (χ4v) is 1.54. The topological polar surface area (TPSA) is 104 Å². The van der Waals surface area contributed by atoms with Crippen molar-refractivity contribution in [2.75, 3.05) is 12.4 Å². The molecule has 3 heterocycles. The lowest BCUT2D eigenvalue weighted by atomic mass is 10.4. The molecule has 0 aliphatic rings. The van der Waals surface area contributed by atoms with Crippen LogP contribution < -0.4 is 10.1 Å². The van der Waals surface area contributed by atoms with Crippen molar-refractivity contribution in [2.45, 2.75) is 6.92 Å². The third kappa shape index (κ3) is 1.73. The average molecular weight is 245 g/mol. The molecule has 0 aliphatic heterocycles. The standard InChI is InChI=1S/C10H11N7O/c1-5-3-7(16-15-5)18-9-6-4-12-17-8(6)13-10(11-2)14-9/h3-4H,1-2H3,(H,15,16)(H2,11,12,13,14,17). The normalized spacial score (nSPS) is 10.8. The van der Waals surface area contributed by atoms with E-state index in [4.69, 9.17) is 4.74 Å². The molecule has 92 valence electrons. The summed E-state index contributed by atoms with van der Waals surface area (Å²) in [5.74, 6) is 1.31. The Kier molecular flexibility index (Phi) is 2.33. The first-order chi connectivity index (χ1) is 8.76. The Morgan fingerprint density at radius 1 is 1.28 bits per heavy atom. The molecule has 0 atom stereocenters. The van der Waals surface area contributed by atoms with Crippen molar-refractivity contribution >= 4 is 17.0 Å². The van der Waals surface area contributed by atoms with Gasteiger partial charge >= 0.3 is 0 Å². The summed E-state index contributed by atoms with van der Waals surface area (Å²) in [4.78, 5) is 8.45. The fraction of sp³-hybridized carbons (Fsp3) is 0.200. The summed E-state index contributed by atoms with van der Waals surface area (Å²) in [5, 5.41) is 17.1. The maximum Gasteiger partial charge on any atom is 0.240 e. The molecule has 3 N–H and O–H groups in total. The summed E-state index contributed by atoms with van der Waals surface area (Å²) >= 11 is 0. The van der Waals surface area contributed by atoms with Crippen molar-refractivity contribution in [3.63, 3.8) is 0 Å². The number of hydrogen-bond acceptors (Lipinski definition) is 6. The summed E-state index contributed by atoms with van der Waals surface area (Å²) in [6, 6.07) is 1.78. The molecule has 8 heteroatoms. The maximum atomic E-state index is 5.62. The number of aromatic nitrogens is 6. The Morgan fingerprint density at radius 2 is 2.17 bits per heavy atom. The van der Waals surface area contributed by atoms with Crippen LogP contribution in [0.5, 0.6) is 11.8 Å². The minimum Gasteiger partial charge on any atom is -0.418 e. The van der Waals surface area contributed by atoms with E-state index in [1.807, 2.05) is 6.92 Å². The molecule has 0 bridgehead atoms. The lowest BCUT2D eigenvalue weighted by molar-refractivity contribution is 0.449. The lowest BCUT2D eigenvalue weighted by Gasteiger charge is -2.04. The van der Waals surface area contributed by atoms with Crippen LogP contribution in [0.1, 0.15) is 5.69 Å². The quantitative estimate of drug-likeness (QED) is 0.640. The van der Waals surface area contributed by atoms with E-state index in [9.17, 15) is 0 Å². The molecule has 0 spiro atoms. The van der Waals surface area contributed by atoms with Crippen LogP contribution in [0, 0.1) is 6.92 Å². The molecule has 0 amide bonds. The number of aromatic amines is 2. The number of anilines is 1. The summed E-state index contributed by atoms with van der Waals surface area (Å²) in [5.41, 5.74) is 1.52. The Balaban J connectivity index is 2.06. The van der Waals surface area contributed by atoms with Crippen LogP contribution in [0.2, 0.25) is 0 Å². The zero-order valence-electron chi connectivity index (χ0n) is 9.85. The maximum absolute atomic E-state index is 5.62. The van der Waals surface area contributed by atoms with E-state index < -0.39 is 0 Å². The van der Waals surface area contributed by atoms with Crippen LogP contribution in [0.4, 0.5) is 5.95 Å². The molecule has 8 nitrogen and oxygen atoms in total. The van der Waals surface area contributed by atoms with Crippen LogP contribution in [0.3, 0.4) is 0 Å². The van der Waals surface area contributed by atoms with E-state index in [0.717, 1.165) is 5.69 Å². The van der Waals surface area contributed by atoms with Gasteiger partial charge in [-0.2, -0.15) is 15.1 Å². The van der Waals surface area contributed by atoms with E-state index in [0.29, 0.717) is 28.7 Å². The van der Waals surface area contributed by atoms with Crippen molar-refractivity contribution in [2.24, 2.45) is 0 Å². The van der Waals surface area contributed by atoms with Gasteiger partial charge in [-0.3, -0.25) is 10.2 Å². The molecule has 0 fully saturated rings. The van der Waals surface area contributed by atoms with Gasteiger partial charge in [0.1, 0.15) is 5.39 Å². The van der Waals surface area contributed by atoms with Crippen LogP contribution >= 0.6 is 0 Å². The van der Waals surface area contributed by atoms with Gasteiger partial charge in [-0.15, -0.1) is 5.10 Å². The first-order valence-corrected chi connectivity index (χ1v) is 5.35. The SMILES string of the molecule is CNc1nc(Oc2cc(C)[nH]n2)c2cn[nH]c2n1. The second-order valence-corrected chi connectivity index (χ2v) is 3.73. The van der Waals surface area contributed by atoms with Gasteiger partial charge in [-0.1, -0.05) is 0 Å². The van der Waals surface area contributed by atoms with Crippen molar-refractivity contribution in [1.82, 2.24) is 30.4 Å². The average Bonchev–Trinajstić information content (AvgIpc) is 2.98. The highest BCUT2D eigenvalue weighted by atomic mass is 16.5. The number of nitrogens with one attached hydrogen (secondary N) is 3. The Hall–Kier alpha value is -2.64. The molecular weight excluding hydrogens is 234 g/mol. The smallest absolute Gasteiger partial charge is 0.240 e. The summed E-state index contributed by atoms with van der Waals surface area (Å²) in [6.07, 6.45) is 1.61. The van der Waals surface area contributed by atoms with Crippen LogP contribution in [-0.4, -0.2) is 37.4 Å². The molecule has 3 rings (SSSR count). The Morgan fingerprint density at radius 3 is 2.89 bits per heavy atom. The van der Waals surface area contributed by atoms with Gasteiger partial charge in [-0.25, -0.2) is 0 Å². The molecule has 3 aromatic heterocycles. The Bertz CT molecular complexity index is 686. The largest absolute Gasteiger partial charge is 0.418 e. The zero-order chi connectivity index (χ0) is 12.5. The van der Waals surface area contributed by atoms with Crippen molar-refractivity contribution in [3.8, 4) is 11.8 Å². The van der Waals surface area contributed by atoms with E-state index >= 15 is 0 Å². The van der Waals surface area contributed by atoms with E-state index in [1.54, 1.807) is 19.3 Å². The molecule has 0 aromatic carbocycles. The highest BCUT2D eigenvalue weighted by molar-refractivity contribution is 5.80. The van der Waals surface area contributed by atoms with Gasteiger partial charge in [0.05, 0.1) is 6.20 Å². The minimum atomic E-state index is 0.407. The predicted octanol–water partition coefficient (Wildman–Crippen LogP) is 1.22. The summed E-state index contributed by atoms with van der Waals surface area (Å²) < 4.78 is 5.62. The molecular formula is C10H11N7O. The molecule has 3 aromatic rings. The molecule has 0 saturated carbocycles. The highest BCUT2D eigenvalue weighted by Gasteiger charge is 2.12. The van der Waals surface area contributed by atoms with Crippen molar-refractivity contribution in [1.29, 1.82) is 0 Å². The van der Waals surface area contributed by atoms with Gasteiger partial charge in [0, 0.05) is 18.8 Å². The van der Waals surface area contributed by atoms with Crippen molar-refractivity contribution < 1.29 is 4.74 Å². The predicted molar refractivity (Wildman–Crippen MR) is 64.6 cm³/mol. The number of H-pyrrole nitrogens is 2. The molecule has 0 radical (unpaired) electrons. The molecule has 0 unspecified atom stereocenters. The van der Waals surface area contributed by atoms with Gasteiger partial charge in [-0.05, 0) is 6.92 Å². The zero-order valence-corrected chi connectivity index (χ0v) is 9.85. The van der Waals surface area contributed by atoms with E-state index in [1.165, 1.54) is 0 Å². The fourth-order valence-electron chi connectivity index (χ4n) is 1.54. The first-order valence-electron chi connectivity index (χ1n) is 5.35. The first kappa shape index (κ1) is 10.5. The molecule has 18 heavy (non-hydrogen) atoms. The lowest BCUT2D eigenvalue weighted by Crippen LogP contribution is -1.99. The third-order valence-corrected chi connectivity index (χ3v) is 2.38. The van der Waals surface area contributed by atoms with Crippen LogP contribution in [-0.2, 0) is 0 Å². The van der Waals surface area contributed by atoms with Crippen LogP contribution in [0.25, 0.3) is 11.0 Å². The van der Waals surface area contributed by atoms with Gasteiger partial charge < -0.3 is 10.1 Å². The number of nitrogens with zero attached hydrogens (tertiary/aromatic N) is 4. The van der Waals surface area contributed by atoms with E-state index in [2.05, 4.69) is 35.7 Å². The third-order valence-electron chi connectivity index (χ3n) is 2.38. The molecule has 0 saturated heterocycles. The van der Waals surface area contributed by atoms with Crippen molar-refractivity contribution in [3.05, 3.63) is 18.0 Å². The van der Waals surface area contributed by atoms with Gasteiger partial charge in [0.25, 0.3) is 0 Å². The second-order valence-electron chi connectivity index (χ2n) is 3.73. The number of rotatable bonds is 3. The van der Waals surface area contributed by atoms with Crippen LogP contribution in [0.15, 0.2) is 12.3 Å². The number of aryl methyl sites for hydroxylation is 1. The summed E-state index contributed by atoms with van der Waals surface area (Å²) in [7, 11) is 1.74. The monoisotopic (exact) mass is 245 g/mol. The second kappa shape index (κ2) is 3.99. The number of fused-ring (bicyclic) bond motifs is 1. The van der Waals surface area contributed by atoms with Gasteiger partial charge in [0.2, 0.25) is 17.7 Å². The molecule has 0 aliphatic carbocycles. The number of ether oxygens (including phenoxy) is 1. The van der Waals surface area contributed by atoms with E-state index in [-0.39, 0.29) is 0 Å². The minimum absolute atomic E-state index is 0.407. The summed E-state index contributed by atoms with van der Waals surface area (Å²) in [6.45, 7) is 1.90.